The molecule has 0 spiro atoms. The third kappa shape index (κ3) is 8.43. The Labute approximate surface area is 83.6 Å². The van der Waals surface area contributed by atoms with E-state index in [4.69, 9.17) is 4.43 Å². The average Bonchev–Trinajstić information content (AvgIpc) is 1.98. The van der Waals surface area contributed by atoms with Crippen LogP contribution >= 0.6 is 0 Å². The van der Waals surface area contributed by atoms with Gasteiger partial charge in [0.25, 0.3) is 0 Å². The standard InChI is InChI=1S/C9H24N2OSi/c1-6-12-13(4,5)9-10-7-8-11(2)3/h10H,6-9H2,1-5H3. The van der Waals surface area contributed by atoms with Crippen molar-refractivity contribution in [2.75, 3.05) is 40.0 Å². The molecule has 0 aromatic rings. The molecule has 80 valence electrons. The fraction of sp³-hybridized carbons (Fsp3) is 1.00. The largest absolute Gasteiger partial charge is 0.416 e. The summed E-state index contributed by atoms with van der Waals surface area (Å²) in [5.74, 6) is 0. The zero-order valence-corrected chi connectivity index (χ0v) is 10.7. The zero-order chi connectivity index (χ0) is 10.3. The van der Waals surface area contributed by atoms with Gasteiger partial charge in [-0.2, -0.15) is 0 Å². The fourth-order valence-electron chi connectivity index (χ4n) is 1.13. The first-order valence-electron chi connectivity index (χ1n) is 4.97. The second kappa shape index (κ2) is 6.54. The van der Waals surface area contributed by atoms with Crippen LogP contribution in [0.4, 0.5) is 0 Å². The van der Waals surface area contributed by atoms with Crippen LogP contribution < -0.4 is 5.32 Å². The van der Waals surface area contributed by atoms with Gasteiger partial charge in [0.15, 0.2) is 8.32 Å². The predicted molar refractivity (Wildman–Crippen MR) is 60.5 cm³/mol. The van der Waals surface area contributed by atoms with Gasteiger partial charge in [0.05, 0.1) is 0 Å². The van der Waals surface area contributed by atoms with E-state index >= 15 is 0 Å². The predicted octanol–water partition coefficient (Wildman–Crippen LogP) is 0.918. The lowest BCUT2D eigenvalue weighted by atomic mass is 10.6. The summed E-state index contributed by atoms with van der Waals surface area (Å²) in [4.78, 5) is 2.18. The first-order chi connectivity index (χ1) is 5.98. The molecule has 0 aliphatic rings. The van der Waals surface area contributed by atoms with Crippen molar-refractivity contribution in [2.45, 2.75) is 20.0 Å². The molecule has 4 heteroatoms. The Hall–Kier alpha value is 0.0969. The zero-order valence-electron chi connectivity index (χ0n) is 9.68. The lowest BCUT2D eigenvalue weighted by Crippen LogP contribution is -2.44. The Morgan fingerprint density at radius 1 is 1.31 bits per heavy atom. The highest BCUT2D eigenvalue weighted by Crippen LogP contribution is 2.01. The molecule has 0 unspecified atom stereocenters. The number of hydrogen-bond donors (Lipinski definition) is 1. The molecule has 0 aromatic carbocycles. The molecular formula is C9H24N2OSi. The molecule has 0 saturated carbocycles. The van der Waals surface area contributed by atoms with E-state index in [0.29, 0.717) is 0 Å². The maximum absolute atomic E-state index is 5.70. The summed E-state index contributed by atoms with van der Waals surface area (Å²) in [5.41, 5.74) is 0. The van der Waals surface area contributed by atoms with Gasteiger partial charge in [-0.1, -0.05) is 0 Å². The van der Waals surface area contributed by atoms with Crippen LogP contribution in [0, 0.1) is 0 Å². The van der Waals surface area contributed by atoms with Crippen molar-refractivity contribution in [3.05, 3.63) is 0 Å². The molecule has 0 aromatic heterocycles. The van der Waals surface area contributed by atoms with Gasteiger partial charge in [-0.15, -0.1) is 0 Å². The van der Waals surface area contributed by atoms with E-state index in [-0.39, 0.29) is 0 Å². The maximum atomic E-state index is 5.70. The highest BCUT2D eigenvalue weighted by atomic mass is 28.4. The molecule has 0 amide bonds. The van der Waals surface area contributed by atoms with Crippen LogP contribution in [-0.2, 0) is 4.43 Å². The number of rotatable bonds is 7. The summed E-state index contributed by atoms with van der Waals surface area (Å²) in [5, 5.41) is 3.44. The van der Waals surface area contributed by atoms with Gasteiger partial charge in [0, 0.05) is 25.9 Å². The Morgan fingerprint density at radius 2 is 1.92 bits per heavy atom. The van der Waals surface area contributed by atoms with Crippen molar-refractivity contribution in [3.8, 4) is 0 Å². The van der Waals surface area contributed by atoms with E-state index < -0.39 is 8.32 Å². The summed E-state index contributed by atoms with van der Waals surface area (Å²) in [6.07, 6.45) is 1.05. The van der Waals surface area contributed by atoms with E-state index in [2.05, 4.69) is 44.3 Å². The fourth-order valence-corrected chi connectivity index (χ4v) is 2.80. The van der Waals surface area contributed by atoms with Crippen molar-refractivity contribution in [1.29, 1.82) is 0 Å². The van der Waals surface area contributed by atoms with Crippen molar-refractivity contribution >= 4 is 8.32 Å². The van der Waals surface area contributed by atoms with E-state index in [0.717, 1.165) is 25.9 Å². The first kappa shape index (κ1) is 13.1. The van der Waals surface area contributed by atoms with Crippen LogP contribution in [-0.4, -0.2) is 53.2 Å². The molecule has 0 radical (unpaired) electrons. The minimum absolute atomic E-state index is 0.842. The van der Waals surface area contributed by atoms with E-state index in [1.165, 1.54) is 0 Å². The van der Waals surface area contributed by atoms with E-state index in [1.807, 2.05) is 0 Å². The van der Waals surface area contributed by atoms with E-state index in [9.17, 15) is 0 Å². The summed E-state index contributed by atoms with van der Waals surface area (Å²) in [6, 6.07) is 0. The Kier molecular flexibility index (Phi) is 6.58. The van der Waals surface area contributed by atoms with Gasteiger partial charge < -0.3 is 14.6 Å². The summed E-state index contributed by atoms with van der Waals surface area (Å²) in [6.45, 7) is 9.55. The maximum Gasteiger partial charge on any atom is 0.200 e. The lowest BCUT2D eigenvalue weighted by molar-refractivity contribution is 0.325. The van der Waals surface area contributed by atoms with Gasteiger partial charge >= 0.3 is 0 Å². The minimum Gasteiger partial charge on any atom is -0.416 e. The highest BCUT2D eigenvalue weighted by molar-refractivity contribution is 6.71. The molecule has 0 bridgehead atoms. The molecule has 0 aliphatic carbocycles. The number of nitrogens with zero attached hydrogens (tertiary/aromatic N) is 1. The molecule has 0 aliphatic heterocycles. The van der Waals surface area contributed by atoms with Crippen molar-refractivity contribution < 1.29 is 4.43 Å². The lowest BCUT2D eigenvalue weighted by Gasteiger charge is -2.22. The molecule has 0 fully saturated rings. The Bertz CT molecular complexity index is 129. The smallest absolute Gasteiger partial charge is 0.200 e. The highest BCUT2D eigenvalue weighted by Gasteiger charge is 2.20. The van der Waals surface area contributed by atoms with Gasteiger partial charge in [-0.05, 0) is 34.1 Å². The molecule has 1 N–H and O–H groups in total. The van der Waals surface area contributed by atoms with Crippen LogP contribution in [0.15, 0.2) is 0 Å². The number of hydrogen-bond acceptors (Lipinski definition) is 3. The molecule has 0 rings (SSSR count). The molecule has 0 heterocycles. The van der Waals surface area contributed by atoms with Crippen molar-refractivity contribution in [3.63, 3.8) is 0 Å². The van der Waals surface area contributed by atoms with Crippen LogP contribution in [0.2, 0.25) is 13.1 Å². The average molecular weight is 204 g/mol. The molecule has 0 atom stereocenters. The van der Waals surface area contributed by atoms with Crippen LogP contribution in [0.25, 0.3) is 0 Å². The monoisotopic (exact) mass is 204 g/mol. The van der Waals surface area contributed by atoms with Crippen LogP contribution in [0.1, 0.15) is 6.92 Å². The molecule has 13 heavy (non-hydrogen) atoms. The minimum atomic E-state index is -1.40. The van der Waals surface area contributed by atoms with Crippen molar-refractivity contribution in [2.24, 2.45) is 0 Å². The third-order valence-corrected chi connectivity index (χ3v) is 3.99. The van der Waals surface area contributed by atoms with Gasteiger partial charge in [0.2, 0.25) is 0 Å². The molecule has 0 saturated heterocycles. The SMILES string of the molecule is CCO[Si](C)(C)CNCCN(C)C. The number of nitrogens with one attached hydrogen (secondary N) is 1. The second-order valence-corrected chi connectivity index (χ2v) is 8.33. The molecular weight excluding hydrogens is 180 g/mol. The normalized spacial score (nSPS) is 12.5. The van der Waals surface area contributed by atoms with Crippen LogP contribution in [0.5, 0.6) is 0 Å². The quantitative estimate of drug-likeness (QED) is 0.493. The van der Waals surface area contributed by atoms with Gasteiger partial charge in [-0.3, -0.25) is 0 Å². The first-order valence-corrected chi connectivity index (χ1v) is 8.09. The van der Waals surface area contributed by atoms with Crippen molar-refractivity contribution in [1.82, 2.24) is 10.2 Å². The second-order valence-electron chi connectivity index (χ2n) is 4.17. The topological polar surface area (TPSA) is 24.5 Å². The Balaban J connectivity index is 3.40. The third-order valence-electron chi connectivity index (χ3n) is 1.82. The number of likely N-dealkylation sites (N-methyl/N-ethyl adjacent to an activating group) is 1. The van der Waals surface area contributed by atoms with Gasteiger partial charge in [0.1, 0.15) is 0 Å². The van der Waals surface area contributed by atoms with Crippen LogP contribution in [0.3, 0.4) is 0 Å². The summed E-state index contributed by atoms with van der Waals surface area (Å²) < 4.78 is 5.70. The summed E-state index contributed by atoms with van der Waals surface area (Å²) >= 11 is 0. The summed E-state index contributed by atoms with van der Waals surface area (Å²) in [7, 11) is 2.78. The Morgan fingerprint density at radius 3 is 2.38 bits per heavy atom. The van der Waals surface area contributed by atoms with Gasteiger partial charge in [-0.25, -0.2) is 0 Å². The molecule has 3 nitrogen and oxygen atoms in total. The van der Waals surface area contributed by atoms with E-state index in [1.54, 1.807) is 0 Å².